The van der Waals surface area contributed by atoms with E-state index in [-0.39, 0.29) is 17.9 Å². The minimum atomic E-state index is -3.74. The van der Waals surface area contributed by atoms with Crippen molar-refractivity contribution in [2.75, 3.05) is 13.7 Å². The third-order valence-corrected chi connectivity index (χ3v) is 9.82. The van der Waals surface area contributed by atoms with Crippen LogP contribution in [0.25, 0.3) is 22.2 Å². The summed E-state index contributed by atoms with van der Waals surface area (Å²) in [5.74, 6) is -0.110. The molecule has 2 unspecified atom stereocenters. The van der Waals surface area contributed by atoms with Crippen molar-refractivity contribution in [3.05, 3.63) is 67.3 Å². The van der Waals surface area contributed by atoms with Crippen molar-refractivity contribution < 1.29 is 27.5 Å². The third kappa shape index (κ3) is 5.39. The number of amides is 2. The van der Waals surface area contributed by atoms with Crippen LogP contribution < -0.4 is 24.8 Å². The maximum Gasteiger partial charge on any atom is 0.259 e. The van der Waals surface area contributed by atoms with Gasteiger partial charge in [0.25, 0.3) is 5.91 Å². The van der Waals surface area contributed by atoms with E-state index >= 15 is 0 Å². The number of aromatic nitrogens is 1. The first-order valence-corrected chi connectivity index (χ1v) is 15.2. The van der Waals surface area contributed by atoms with Crippen molar-refractivity contribution in [1.29, 1.82) is 0 Å². The lowest BCUT2D eigenvalue weighted by Gasteiger charge is -2.21. The summed E-state index contributed by atoms with van der Waals surface area (Å²) < 4.78 is 38.7. The van der Waals surface area contributed by atoms with Crippen LogP contribution >= 0.6 is 0 Å². The summed E-state index contributed by atoms with van der Waals surface area (Å²) in [6.07, 6.45) is 2.99. The molecule has 214 valence electrons. The van der Waals surface area contributed by atoms with Gasteiger partial charge in [-0.05, 0) is 31.4 Å². The molecule has 2 aliphatic carbocycles. The van der Waals surface area contributed by atoms with Crippen molar-refractivity contribution >= 4 is 32.7 Å². The Morgan fingerprint density at radius 1 is 1.15 bits per heavy atom. The van der Waals surface area contributed by atoms with E-state index in [1.165, 1.54) is 0 Å². The number of fused-ring (bicyclic) bond motifs is 1. The van der Waals surface area contributed by atoms with Crippen LogP contribution in [-0.2, 0) is 19.6 Å². The Hall–Kier alpha value is -3.96. The van der Waals surface area contributed by atoms with Gasteiger partial charge in [0.05, 0.1) is 29.6 Å². The Kier molecular flexibility index (Phi) is 6.95. The Labute approximate surface area is 238 Å². The molecule has 3 aliphatic rings. The van der Waals surface area contributed by atoms with Gasteiger partial charge in [0, 0.05) is 42.0 Å². The molecule has 6 rings (SSSR count). The summed E-state index contributed by atoms with van der Waals surface area (Å²) in [7, 11) is -2.13. The number of nitrogens with one attached hydrogen (secondary N) is 3. The zero-order valence-electron chi connectivity index (χ0n) is 22.6. The number of methoxy groups -OCH3 is 1. The lowest BCUT2D eigenvalue weighted by Crippen LogP contribution is -2.55. The van der Waals surface area contributed by atoms with E-state index < -0.39 is 32.8 Å². The number of ether oxygens (including phenoxy) is 2. The van der Waals surface area contributed by atoms with Crippen LogP contribution in [0.1, 0.15) is 25.7 Å². The second-order valence-electron chi connectivity index (χ2n) is 10.9. The van der Waals surface area contributed by atoms with Crippen molar-refractivity contribution in [1.82, 2.24) is 20.3 Å². The normalized spacial score (nSPS) is 25.3. The fourth-order valence-corrected chi connectivity index (χ4v) is 6.72. The zero-order valence-corrected chi connectivity index (χ0v) is 23.4. The van der Waals surface area contributed by atoms with E-state index in [0.29, 0.717) is 43.7 Å². The molecule has 4 atom stereocenters. The van der Waals surface area contributed by atoms with Crippen LogP contribution in [0.5, 0.6) is 11.5 Å². The Morgan fingerprint density at radius 3 is 2.61 bits per heavy atom. The topological polar surface area (TPSA) is 136 Å². The first-order valence-electron chi connectivity index (χ1n) is 13.7. The van der Waals surface area contributed by atoms with Crippen LogP contribution in [-0.4, -0.2) is 61.8 Å². The van der Waals surface area contributed by atoms with Crippen LogP contribution in [0.3, 0.4) is 0 Å². The van der Waals surface area contributed by atoms with Crippen molar-refractivity contribution in [2.45, 2.75) is 48.6 Å². The summed E-state index contributed by atoms with van der Waals surface area (Å²) in [5.41, 5.74) is 1.10. The minimum Gasteiger partial charge on any atom is -0.497 e. The van der Waals surface area contributed by atoms with Gasteiger partial charge < -0.3 is 20.1 Å². The number of carbonyl (C=O) groups is 2. The van der Waals surface area contributed by atoms with Gasteiger partial charge in [-0.1, -0.05) is 36.4 Å². The van der Waals surface area contributed by atoms with E-state index in [4.69, 9.17) is 14.5 Å². The highest BCUT2D eigenvalue weighted by molar-refractivity contribution is 7.91. The van der Waals surface area contributed by atoms with Gasteiger partial charge in [-0.2, -0.15) is 0 Å². The standard InChI is InChI=1S/C30H32N4O6S/c1-3-19-16-30(19,29(36)34-41(37,38)22-10-11-22)33-28(35)26-14-21(17-31-26)40-27-15-24(18-7-5-4-6-8-18)32-25-13-20(39-2)9-12-23(25)27/h3-9,12-13,15,19,21-22,26,31H,1,10-11,14,16-17H2,2H3,(H,33,35)(H,34,36)/t19-,21-,26?,30?/m1/s1. The van der Waals surface area contributed by atoms with E-state index in [2.05, 4.69) is 21.9 Å². The van der Waals surface area contributed by atoms with Crippen molar-refractivity contribution in [3.63, 3.8) is 0 Å². The fourth-order valence-electron chi connectivity index (χ4n) is 5.35. The molecule has 1 aliphatic heterocycles. The summed E-state index contributed by atoms with van der Waals surface area (Å²) in [4.78, 5) is 31.1. The molecule has 11 heteroatoms. The molecule has 1 saturated heterocycles. The van der Waals surface area contributed by atoms with Crippen molar-refractivity contribution in [2.24, 2.45) is 5.92 Å². The van der Waals surface area contributed by atoms with E-state index in [1.54, 1.807) is 13.2 Å². The van der Waals surface area contributed by atoms with Crippen LogP contribution in [0.4, 0.5) is 0 Å². The predicted molar refractivity (Wildman–Crippen MR) is 154 cm³/mol. The van der Waals surface area contributed by atoms with Gasteiger partial charge in [-0.15, -0.1) is 6.58 Å². The number of sulfonamides is 1. The Morgan fingerprint density at radius 2 is 1.93 bits per heavy atom. The second-order valence-corrected chi connectivity index (χ2v) is 12.8. The highest BCUT2D eigenvalue weighted by Crippen LogP contribution is 2.45. The monoisotopic (exact) mass is 576 g/mol. The number of rotatable bonds is 10. The number of hydrogen-bond donors (Lipinski definition) is 3. The minimum absolute atomic E-state index is 0.301. The summed E-state index contributed by atoms with van der Waals surface area (Å²) >= 11 is 0. The largest absolute Gasteiger partial charge is 0.497 e. The number of nitrogens with zero attached hydrogens (tertiary/aromatic N) is 1. The average Bonchev–Trinajstić information content (AvgIpc) is 3.90. The van der Waals surface area contributed by atoms with Crippen LogP contribution in [0, 0.1) is 5.92 Å². The first-order chi connectivity index (χ1) is 19.7. The number of hydrogen-bond acceptors (Lipinski definition) is 8. The maximum atomic E-state index is 13.3. The van der Waals surface area contributed by atoms with Crippen molar-refractivity contribution in [3.8, 4) is 22.8 Å². The van der Waals surface area contributed by atoms with E-state index in [0.717, 1.165) is 22.2 Å². The molecule has 0 bridgehead atoms. The lowest BCUT2D eigenvalue weighted by molar-refractivity contribution is -0.130. The SMILES string of the molecule is C=C[C@@H]1CC1(NC(=O)C1C[C@@H](Oc2cc(-c3ccccc3)nc3cc(OC)ccc23)CN1)C(=O)NS(=O)(=O)C1CC1. The molecule has 2 amide bonds. The van der Waals surface area contributed by atoms with E-state index in [1.807, 2.05) is 54.6 Å². The molecule has 0 spiro atoms. The molecule has 41 heavy (non-hydrogen) atoms. The summed E-state index contributed by atoms with van der Waals surface area (Å²) in [6.45, 7) is 4.16. The molecule has 10 nitrogen and oxygen atoms in total. The summed E-state index contributed by atoms with van der Waals surface area (Å²) in [5, 5.41) is 6.29. The number of benzene rings is 2. The van der Waals surface area contributed by atoms with E-state index in [9.17, 15) is 18.0 Å². The molecule has 1 aromatic heterocycles. The average molecular weight is 577 g/mol. The molecule has 3 aromatic rings. The summed E-state index contributed by atoms with van der Waals surface area (Å²) in [6, 6.07) is 16.7. The smallest absolute Gasteiger partial charge is 0.259 e. The molecule has 0 radical (unpaired) electrons. The van der Waals surface area contributed by atoms with Gasteiger partial charge >= 0.3 is 0 Å². The predicted octanol–water partition coefficient (Wildman–Crippen LogP) is 2.69. The molecule has 3 N–H and O–H groups in total. The fraction of sp³-hybridized carbons (Fsp3) is 0.367. The molecule has 3 fully saturated rings. The quantitative estimate of drug-likeness (QED) is 0.314. The molecular formula is C30H32N4O6S. The second kappa shape index (κ2) is 10.5. The van der Waals surface area contributed by atoms with Gasteiger partial charge in [0.1, 0.15) is 23.1 Å². The lowest BCUT2D eigenvalue weighted by atomic mass is 10.1. The molecule has 2 saturated carbocycles. The molecule has 2 aromatic carbocycles. The Bertz CT molecular complexity index is 1620. The first kappa shape index (κ1) is 27.2. The van der Waals surface area contributed by atoms with Gasteiger partial charge in [0.15, 0.2) is 0 Å². The highest BCUT2D eigenvalue weighted by atomic mass is 32.2. The number of pyridine rings is 1. The van der Waals surface area contributed by atoms with Crippen LogP contribution in [0.15, 0.2) is 67.3 Å². The van der Waals surface area contributed by atoms with Gasteiger partial charge in [-0.25, -0.2) is 13.4 Å². The highest BCUT2D eigenvalue weighted by Gasteiger charge is 2.61. The number of carbonyl (C=O) groups excluding carboxylic acids is 2. The third-order valence-electron chi connectivity index (χ3n) is 8.00. The molecule has 2 heterocycles. The Balaban J connectivity index is 1.17. The van der Waals surface area contributed by atoms with Gasteiger partial charge in [0.2, 0.25) is 15.9 Å². The maximum absolute atomic E-state index is 13.3. The zero-order chi connectivity index (χ0) is 28.8. The van der Waals surface area contributed by atoms with Gasteiger partial charge in [-0.3, -0.25) is 14.3 Å². The van der Waals surface area contributed by atoms with Crippen LogP contribution in [0.2, 0.25) is 0 Å². The molecular weight excluding hydrogens is 544 g/mol.